The van der Waals surface area contributed by atoms with E-state index in [-0.39, 0.29) is 23.9 Å². The second kappa shape index (κ2) is 10.8. The maximum atomic E-state index is 11.5. The number of esters is 2. The lowest BCUT2D eigenvalue weighted by Crippen LogP contribution is -2.40. The lowest BCUT2D eigenvalue weighted by atomic mass is 9.99. The number of carbonyl (C=O) groups is 2. The lowest BCUT2D eigenvalue weighted by molar-refractivity contribution is -0.144. The van der Waals surface area contributed by atoms with Crippen molar-refractivity contribution >= 4 is 11.9 Å². The van der Waals surface area contributed by atoms with Crippen LogP contribution in [-0.2, 0) is 19.1 Å². The van der Waals surface area contributed by atoms with Crippen LogP contribution in [0.2, 0.25) is 0 Å². The summed E-state index contributed by atoms with van der Waals surface area (Å²) >= 11 is 0. The van der Waals surface area contributed by atoms with E-state index in [1.54, 1.807) is 6.92 Å². The summed E-state index contributed by atoms with van der Waals surface area (Å²) in [5.74, 6) is -0.231. The van der Waals surface area contributed by atoms with Gasteiger partial charge in [-0.2, -0.15) is 0 Å². The van der Waals surface area contributed by atoms with E-state index in [4.69, 9.17) is 9.47 Å². The number of rotatable bonds is 10. The van der Waals surface area contributed by atoms with Gasteiger partial charge in [0.05, 0.1) is 13.7 Å². The topological polar surface area (TPSA) is 64.6 Å². The molecule has 112 valence electrons. The van der Waals surface area contributed by atoms with Crippen molar-refractivity contribution in [2.45, 2.75) is 52.5 Å². The van der Waals surface area contributed by atoms with Crippen molar-refractivity contribution in [3.63, 3.8) is 0 Å². The first-order chi connectivity index (χ1) is 9.08. The number of methoxy groups -OCH3 is 1. The molecule has 0 aliphatic heterocycles. The Labute approximate surface area is 116 Å². The smallest absolute Gasteiger partial charge is 0.322 e. The molecule has 2 atom stereocenters. The van der Waals surface area contributed by atoms with Crippen molar-refractivity contribution in [1.29, 1.82) is 0 Å². The molecule has 0 saturated carbocycles. The Kier molecular flexibility index (Phi) is 10.2. The molecule has 1 N–H and O–H groups in total. The van der Waals surface area contributed by atoms with Gasteiger partial charge in [0.25, 0.3) is 0 Å². The SMILES string of the molecule is CCCC(CN[C@@H](CC)C(=O)OC)CC(=O)OCC. The van der Waals surface area contributed by atoms with Gasteiger partial charge in [-0.25, -0.2) is 0 Å². The molecule has 5 heteroatoms. The summed E-state index contributed by atoms with van der Waals surface area (Å²) in [6.45, 7) is 6.84. The fraction of sp³-hybridized carbons (Fsp3) is 0.857. The maximum absolute atomic E-state index is 11.5. The number of ether oxygens (including phenoxy) is 2. The number of carbonyl (C=O) groups excluding carboxylic acids is 2. The molecule has 1 unspecified atom stereocenters. The van der Waals surface area contributed by atoms with E-state index in [2.05, 4.69) is 12.2 Å². The summed E-state index contributed by atoms with van der Waals surface area (Å²) in [4.78, 5) is 23.0. The average molecular weight is 273 g/mol. The zero-order chi connectivity index (χ0) is 14.7. The van der Waals surface area contributed by atoms with Crippen molar-refractivity contribution in [2.75, 3.05) is 20.3 Å². The van der Waals surface area contributed by atoms with Crippen LogP contribution < -0.4 is 5.32 Å². The molecular weight excluding hydrogens is 246 g/mol. The third-order valence-electron chi connectivity index (χ3n) is 3.00. The Morgan fingerprint density at radius 1 is 1.21 bits per heavy atom. The number of hydrogen-bond donors (Lipinski definition) is 1. The standard InChI is InChI=1S/C14H27NO4/c1-5-8-11(9-13(16)19-7-3)10-15-12(6-2)14(17)18-4/h11-12,15H,5-10H2,1-4H3/t11?,12-/m0/s1. The monoisotopic (exact) mass is 273 g/mol. The molecule has 0 rings (SSSR count). The Morgan fingerprint density at radius 2 is 1.89 bits per heavy atom. The van der Waals surface area contributed by atoms with E-state index in [1.165, 1.54) is 7.11 Å². The molecule has 0 heterocycles. The van der Waals surface area contributed by atoms with Gasteiger partial charge < -0.3 is 14.8 Å². The first kappa shape index (κ1) is 17.9. The highest BCUT2D eigenvalue weighted by molar-refractivity contribution is 5.75. The number of hydrogen-bond acceptors (Lipinski definition) is 5. The van der Waals surface area contributed by atoms with Gasteiger partial charge in [-0.05, 0) is 32.2 Å². The van der Waals surface area contributed by atoms with E-state index >= 15 is 0 Å². The molecule has 0 aliphatic carbocycles. The highest BCUT2D eigenvalue weighted by Crippen LogP contribution is 2.12. The molecule has 0 bridgehead atoms. The highest BCUT2D eigenvalue weighted by atomic mass is 16.5. The van der Waals surface area contributed by atoms with E-state index in [9.17, 15) is 9.59 Å². The lowest BCUT2D eigenvalue weighted by Gasteiger charge is -2.20. The predicted molar refractivity (Wildman–Crippen MR) is 73.7 cm³/mol. The van der Waals surface area contributed by atoms with E-state index in [1.807, 2.05) is 6.92 Å². The first-order valence-corrected chi connectivity index (χ1v) is 7.05. The van der Waals surface area contributed by atoms with Gasteiger partial charge >= 0.3 is 11.9 Å². The normalized spacial score (nSPS) is 13.7. The summed E-state index contributed by atoms with van der Waals surface area (Å²) < 4.78 is 9.68. The maximum Gasteiger partial charge on any atom is 0.322 e. The first-order valence-electron chi connectivity index (χ1n) is 7.05. The van der Waals surface area contributed by atoms with E-state index < -0.39 is 0 Å². The van der Waals surface area contributed by atoms with Gasteiger partial charge in [0.1, 0.15) is 6.04 Å². The molecule has 0 radical (unpaired) electrons. The van der Waals surface area contributed by atoms with Crippen LogP contribution in [0.1, 0.15) is 46.5 Å². The van der Waals surface area contributed by atoms with Gasteiger partial charge in [0.15, 0.2) is 0 Å². The highest BCUT2D eigenvalue weighted by Gasteiger charge is 2.20. The molecule has 0 fully saturated rings. The molecule has 0 aromatic carbocycles. The Hall–Kier alpha value is -1.10. The van der Waals surface area contributed by atoms with Gasteiger partial charge in [-0.3, -0.25) is 9.59 Å². The summed E-state index contributed by atoms with van der Waals surface area (Å²) in [6.07, 6.45) is 3.00. The van der Waals surface area contributed by atoms with Crippen LogP contribution in [0, 0.1) is 5.92 Å². The molecule has 0 aromatic heterocycles. The summed E-state index contributed by atoms with van der Waals surface area (Å²) in [6, 6.07) is -0.299. The third-order valence-corrected chi connectivity index (χ3v) is 3.00. The zero-order valence-electron chi connectivity index (χ0n) is 12.5. The van der Waals surface area contributed by atoms with Crippen LogP contribution >= 0.6 is 0 Å². The van der Waals surface area contributed by atoms with Crippen LogP contribution in [0.4, 0.5) is 0 Å². The van der Waals surface area contributed by atoms with Gasteiger partial charge in [0.2, 0.25) is 0 Å². The fourth-order valence-corrected chi connectivity index (χ4v) is 1.99. The minimum atomic E-state index is -0.299. The molecule has 0 saturated heterocycles. The Morgan fingerprint density at radius 3 is 2.37 bits per heavy atom. The van der Waals surface area contributed by atoms with Crippen LogP contribution in [0.25, 0.3) is 0 Å². The quantitative estimate of drug-likeness (QED) is 0.616. The third kappa shape index (κ3) is 7.82. The van der Waals surface area contributed by atoms with Crippen molar-refractivity contribution in [2.24, 2.45) is 5.92 Å². The van der Waals surface area contributed by atoms with Gasteiger partial charge in [0, 0.05) is 6.42 Å². The summed E-state index contributed by atoms with van der Waals surface area (Å²) in [5, 5.41) is 3.17. The molecule has 0 aromatic rings. The predicted octanol–water partition coefficient (Wildman–Crippen LogP) is 1.90. The van der Waals surface area contributed by atoms with E-state index in [0.29, 0.717) is 26.0 Å². The van der Waals surface area contributed by atoms with Gasteiger partial charge in [-0.1, -0.05) is 20.3 Å². The molecule has 0 aliphatic rings. The number of nitrogens with one attached hydrogen (secondary N) is 1. The average Bonchev–Trinajstić information content (AvgIpc) is 2.39. The van der Waals surface area contributed by atoms with Crippen molar-refractivity contribution in [3.8, 4) is 0 Å². The zero-order valence-corrected chi connectivity index (χ0v) is 12.5. The van der Waals surface area contributed by atoms with Crippen LogP contribution in [0.5, 0.6) is 0 Å². The van der Waals surface area contributed by atoms with Crippen LogP contribution in [0.3, 0.4) is 0 Å². The fourth-order valence-electron chi connectivity index (χ4n) is 1.99. The summed E-state index contributed by atoms with van der Waals surface area (Å²) in [5.41, 5.74) is 0. The largest absolute Gasteiger partial charge is 0.468 e. The second-order valence-electron chi connectivity index (χ2n) is 4.56. The van der Waals surface area contributed by atoms with Crippen molar-refractivity contribution in [3.05, 3.63) is 0 Å². The Balaban J connectivity index is 4.25. The molecule has 0 spiro atoms. The van der Waals surface area contributed by atoms with Crippen LogP contribution in [0.15, 0.2) is 0 Å². The molecule has 19 heavy (non-hydrogen) atoms. The molecule has 5 nitrogen and oxygen atoms in total. The summed E-state index contributed by atoms with van der Waals surface area (Å²) in [7, 11) is 1.38. The second-order valence-corrected chi connectivity index (χ2v) is 4.56. The van der Waals surface area contributed by atoms with Crippen molar-refractivity contribution < 1.29 is 19.1 Å². The molecular formula is C14H27NO4. The Bertz CT molecular complexity index is 268. The molecule has 0 amide bonds. The minimum absolute atomic E-state index is 0.172. The minimum Gasteiger partial charge on any atom is -0.468 e. The van der Waals surface area contributed by atoms with E-state index in [0.717, 1.165) is 12.8 Å². The van der Waals surface area contributed by atoms with Gasteiger partial charge in [-0.15, -0.1) is 0 Å². The van der Waals surface area contributed by atoms with Crippen LogP contribution in [-0.4, -0.2) is 38.2 Å². The van der Waals surface area contributed by atoms with Crippen molar-refractivity contribution in [1.82, 2.24) is 5.32 Å².